The summed E-state index contributed by atoms with van der Waals surface area (Å²) < 4.78 is 15.2. The quantitative estimate of drug-likeness (QED) is 0.701. The lowest BCUT2D eigenvalue weighted by atomic mass is 9.86. The summed E-state index contributed by atoms with van der Waals surface area (Å²) in [6, 6.07) is 10.8. The Morgan fingerprint density at radius 3 is 2.27 bits per heavy atom. The number of halogens is 1. The minimum Gasteiger partial charge on any atom is -0.318 e. The van der Waals surface area contributed by atoms with Crippen LogP contribution in [-0.4, -0.2) is 4.57 Å². The first-order chi connectivity index (χ1) is 10.2. The van der Waals surface area contributed by atoms with E-state index in [0.29, 0.717) is 0 Å². The first-order valence-corrected chi connectivity index (χ1v) is 7.31. The maximum absolute atomic E-state index is 13.1. The molecule has 0 saturated carbocycles. The Bertz CT molecular complexity index is 750. The van der Waals surface area contributed by atoms with Crippen LogP contribution in [0.5, 0.6) is 0 Å². The van der Waals surface area contributed by atoms with E-state index in [4.69, 9.17) is 0 Å². The van der Waals surface area contributed by atoms with E-state index in [-0.39, 0.29) is 11.2 Å². The van der Waals surface area contributed by atoms with Gasteiger partial charge in [-0.1, -0.05) is 20.8 Å². The summed E-state index contributed by atoms with van der Waals surface area (Å²) in [5, 5.41) is 9.37. The molecule has 0 aliphatic heterocycles. The van der Waals surface area contributed by atoms with E-state index in [2.05, 4.69) is 16.7 Å². The van der Waals surface area contributed by atoms with Crippen molar-refractivity contribution in [2.24, 2.45) is 5.41 Å². The molecule has 2 nitrogen and oxygen atoms in total. The molecule has 114 valence electrons. The van der Waals surface area contributed by atoms with Crippen LogP contribution in [0.2, 0.25) is 0 Å². The molecule has 0 saturated heterocycles. The zero-order valence-corrected chi connectivity index (χ0v) is 13.7. The van der Waals surface area contributed by atoms with Gasteiger partial charge in [0.15, 0.2) is 0 Å². The molecule has 2 aromatic rings. The minimum absolute atomic E-state index is 0.187. The smallest absolute Gasteiger partial charge is 0.123 e. The average molecular weight is 296 g/mol. The summed E-state index contributed by atoms with van der Waals surface area (Å²) >= 11 is 0. The van der Waals surface area contributed by atoms with Gasteiger partial charge in [-0.2, -0.15) is 5.26 Å². The van der Waals surface area contributed by atoms with Crippen molar-refractivity contribution in [3.8, 4) is 11.8 Å². The van der Waals surface area contributed by atoms with Crippen LogP contribution in [0.25, 0.3) is 11.8 Å². The van der Waals surface area contributed by atoms with E-state index >= 15 is 0 Å². The third-order valence-corrected chi connectivity index (χ3v) is 3.78. The fourth-order valence-electron chi connectivity index (χ4n) is 2.49. The van der Waals surface area contributed by atoms with Crippen LogP contribution in [0, 0.1) is 36.4 Å². The molecule has 2 rings (SSSR count). The van der Waals surface area contributed by atoms with Crippen LogP contribution >= 0.6 is 0 Å². The number of nitriles is 1. The molecular formula is C19H21FN2. The number of aromatic nitrogens is 1. The lowest BCUT2D eigenvalue weighted by Gasteiger charge is -2.17. The second-order valence-corrected chi connectivity index (χ2v) is 6.56. The van der Waals surface area contributed by atoms with Crippen LogP contribution in [0.15, 0.2) is 35.9 Å². The highest BCUT2D eigenvalue weighted by atomic mass is 19.1. The largest absolute Gasteiger partial charge is 0.318 e. The van der Waals surface area contributed by atoms with Gasteiger partial charge in [-0.3, -0.25) is 0 Å². The maximum Gasteiger partial charge on any atom is 0.123 e. The van der Waals surface area contributed by atoms with E-state index in [9.17, 15) is 9.65 Å². The lowest BCUT2D eigenvalue weighted by molar-refractivity contribution is 0.523. The summed E-state index contributed by atoms with van der Waals surface area (Å²) in [5.41, 5.74) is 4.60. The van der Waals surface area contributed by atoms with Crippen LogP contribution in [0.3, 0.4) is 0 Å². The molecule has 1 aromatic heterocycles. The van der Waals surface area contributed by atoms with E-state index in [1.165, 1.54) is 12.1 Å². The van der Waals surface area contributed by atoms with Crippen LogP contribution in [-0.2, 0) is 0 Å². The number of nitrogens with zero attached hydrogens (tertiary/aromatic N) is 2. The summed E-state index contributed by atoms with van der Waals surface area (Å²) in [7, 11) is 0. The molecule has 0 atom stereocenters. The van der Waals surface area contributed by atoms with Crippen molar-refractivity contribution in [3.05, 3.63) is 58.7 Å². The third kappa shape index (κ3) is 3.12. The van der Waals surface area contributed by atoms with E-state index in [1.807, 2.05) is 40.7 Å². The predicted molar refractivity (Wildman–Crippen MR) is 88.2 cm³/mol. The first kappa shape index (κ1) is 16.0. The highest BCUT2D eigenvalue weighted by molar-refractivity contribution is 5.62. The lowest BCUT2D eigenvalue weighted by Crippen LogP contribution is -2.07. The zero-order chi connectivity index (χ0) is 16.5. The van der Waals surface area contributed by atoms with Gasteiger partial charge in [-0.25, -0.2) is 4.39 Å². The molecule has 0 amide bonds. The summed E-state index contributed by atoms with van der Waals surface area (Å²) in [4.78, 5) is 0. The van der Waals surface area contributed by atoms with Gasteiger partial charge >= 0.3 is 0 Å². The molecule has 0 bridgehead atoms. The van der Waals surface area contributed by atoms with E-state index in [1.54, 1.807) is 12.1 Å². The van der Waals surface area contributed by atoms with Gasteiger partial charge < -0.3 is 4.57 Å². The molecule has 0 aliphatic carbocycles. The molecule has 0 spiro atoms. The molecule has 0 aliphatic rings. The molecule has 1 heterocycles. The van der Waals surface area contributed by atoms with Crippen LogP contribution in [0.4, 0.5) is 4.39 Å². The summed E-state index contributed by atoms with van der Waals surface area (Å²) in [6.07, 6.45) is 1.95. The fraction of sp³-hybridized carbons (Fsp3) is 0.316. The first-order valence-electron chi connectivity index (χ1n) is 7.31. The topological polar surface area (TPSA) is 28.7 Å². The van der Waals surface area contributed by atoms with Crippen molar-refractivity contribution in [2.45, 2.75) is 34.6 Å². The molecule has 3 heteroatoms. The summed E-state index contributed by atoms with van der Waals surface area (Å²) in [6.45, 7) is 10.1. The zero-order valence-electron chi connectivity index (χ0n) is 13.7. The standard InChI is InChI=1S/C19H21FN2/c1-13-10-15(11-16(12-21)19(3,4)5)14(2)22(13)18-8-6-17(20)7-9-18/h6-11H,1-5H3/b16-11+. The van der Waals surface area contributed by atoms with Crippen LogP contribution in [0.1, 0.15) is 37.7 Å². The van der Waals surface area contributed by atoms with E-state index in [0.717, 1.165) is 28.2 Å². The van der Waals surface area contributed by atoms with Crippen molar-refractivity contribution in [1.29, 1.82) is 5.26 Å². The van der Waals surface area contributed by atoms with Crippen molar-refractivity contribution >= 4 is 6.08 Å². The van der Waals surface area contributed by atoms with Gasteiger partial charge in [0.25, 0.3) is 0 Å². The monoisotopic (exact) mass is 296 g/mol. The maximum atomic E-state index is 13.1. The van der Waals surface area contributed by atoms with Crippen molar-refractivity contribution < 1.29 is 4.39 Å². The number of hydrogen-bond donors (Lipinski definition) is 0. The number of hydrogen-bond acceptors (Lipinski definition) is 1. The van der Waals surface area contributed by atoms with Gasteiger partial charge in [0.05, 0.1) is 6.07 Å². The highest BCUT2D eigenvalue weighted by Gasteiger charge is 2.18. The van der Waals surface area contributed by atoms with Crippen molar-refractivity contribution in [2.75, 3.05) is 0 Å². The van der Waals surface area contributed by atoms with Gasteiger partial charge in [0.1, 0.15) is 5.82 Å². The summed E-state index contributed by atoms with van der Waals surface area (Å²) in [5.74, 6) is -0.245. The fourth-order valence-corrected chi connectivity index (χ4v) is 2.49. The molecule has 0 fully saturated rings. The average Bonchev–Trinajstić information content (AvgIpc) is 2.71. The molecule has 1 aromatic carbocycles. The second-order valence-electron chi connectivity index (χ2n) is 6.56. The van der Waals surface area contributed by atoms with Gasteiger partial charge in [0.2, 0.25) is 0 Å². The Morgan fingerprint density at radius 1 is 1.18 bits per heavy atom. The van der Waals surface area contributed by atoms with Gasteiger partial charge in [-0.15, -0.1) is 0 Å². The molecule has 0 unspecified atom stereocenters. The van der Waals surface area contributed by atoms with Gasteiger partial charge in [-0.05, 0) is 61.2 Å². The third-order valence-electron chi connectivity index (χ3n) is 3.78. The van der Waals surface area contributed by atoms with E-state index < -0.39 is 0 Å². The second kappa shape index (κ2) is 5.81. The minimum atomic E-state index is -0.245. The Morgan fingerprint density at radius 2 is 1.77 bits per heavy atom. The normalized spacial score (nSPS) is 12.3. The highest BCUT2D eigenvalue weighted by Crippen LogP contribution is 2.29. The molecule has 0 radical (unpaired) electrons. The number of benzene rings is 1. The van der Waals surface area contributed by atoms with Crippen molar-refractivity contribution in [3.63, 3.8) is 0 Å². The Hall–Kier alpha value is -2.34. The van der Waals surface area contributed by atoms with Crippen LogP contribution < -0.4 is 0 Å². The molecular weight excluding hydrogens is 275 g/mol. The number of rotatable bonds is 2. The number of allylic oxidation sites excluding steroid dienone is 1. The SMILES string of the molecule is Cc1cc(/C=C(\C#N)C(C)(C)C)c(C)n1-c1ccc(F)cc1. The molecule has 0 N–H and O–H groups in total. The molecule has 22 heavy (non-hydrogen) atoms. The number of aryl methyl sites for hydroxylation is 1. The Kier molecular flexibility index (Phi) is 4.23. The van der Waals surface area contributed by atoms with Gasteiger partial charge in [0, 0.05) is 22.6 Å². The Balaban J connectivity index is 2.55. The Labute approximate surface area is 131 Å². The predicted octanol–water partition coefficient (Wildman–Crippen LogP) is 5.19. The van der Waals surface area contributed by atoms with Crippen molar-refractivity contribution in [1.82, 2.24) is 4.57 Å².